The normalized spacial score (nSPS) is 15.3. The second-order valence-electron chi connectivity index (χ2n) is 5.67. The first-order chi connectivity index (χ1) is 13.7. The monoisotopic (exact) mass is 444 g/mol. The van der Waals surface area contributed by atoms with Gasteiger partial charge in [-0.3, -0.25) is 19.3 Å². The lowest BCUT2D eigenvalue weighted by Crippen LogP contribution is -2.36. The Bertz CT molecular complexity index is 1060. The molecule has 2 aromatic carbocycles. The second-order valence-corrected chi connectivity index (χ2v) is 7.07. The molecule has 0 aliphatic carbocycles. The number of benzene rings is 2. The summed E-state index contributed by atoms with van der Waals surface area (Å²) >= 11 is 6.34. The first kappa shape index (κ1) is 20.9. The van der Waals surface area contributed by atoms with Gasteiger partial charge in [0.05, 0.1) is 15.6 Å². The summed E-state index contributed by atoms with van der Waals surface area (Å²) in [7, 11) is 0. The average Bonchev–Trinajstić information content (AvgIpc) is 2.93. The molecule has 5 nitrogen and oxygen atoms in total. The van der Waals surface area contributed by atoms with Gasteiger partial charge >= 0.3 is 0 Å². The van der Waals surface area contributed by atoms with Crippen molar-refractivity contribution in [3.63, 3.8) is 0 Å². The Labute approximate surface area is 170 Å². The lowest BCUT2D eigenvalue weighted by atomic mass is 10.2. The minimum absolute atomic E-state index is 0.0170. The zero-order chi connectivity index (χ0) is 21.3. The molecule has 0 unspecified atom stereocenters. The van der Waals surface area contributed by atoms with Gasteiger partial charge in [0.1, 0.15) is 12.4 Å². The van der Waals surface area contributed by atoms with Crippen LogP contribution in [0.25, 0.3) is 6.08 Å². The lowest BCUT2D eigenvalue weighted by Gasteiger charge is -2.13. The molecule has 0 atom stereocenters. The molecule has 1 N–H and O–H groups in total. The maximum Gasteiger partial charge on any atom is 0.294 e. The van der Waals surface area contributed by atoms with Crippen LogP contribution in [0.2, 0.25) is 5.02 Å². The van der Waals surface area contributed by atoms with Crippen LogP contribution in [0, 0.1) is 23.3 Å². The van der Waals surface area contributed by atoms with Crippen molar-refractivity contribution in [2.24, 2.45) is 0 Å². The lowest BCUT2D eigenvalue weighted by molar-refractivity contribution is -0.127. The van der Waals surface area contributed by atoms with Crippen molar-refractivity contribution in [2.75, 3.05) is 11.9 Å². The summed E-state index contributed by atoms with van der Waals surface area (Å²) in [5, 5.41) is 1.15. The molecule has 29 heavy (non-hydrogen) atoms. The summed E-state index contributed by atoms with van der Waals surface area (Å²) in [4.78, 5) is 36.8. The predicted molar refractivity (Wildman–Crippen MR) is 99.0 cm³/mol. The molecule has 1 aliphatic rings. The fourth-order valence-electron chi connectivity index (χ4n) is 2.37. The number of thioether (sulfide) groups is 1. The number of carbonyl (C=O) groups is 3. The van der Waals surface area contributed by atoms with E-state index in [-0.39, 0.29) is 15.5 Å². The van der Waals surface area contributed by atoms with E-state index in [1.165, 1.54) is 12.1 Å². The van der Waals surface area contributed by atoms with Crippen LogP contribution in [-0.4, -0.2) is 28.5 Å². The minimum Gasteiger partial charge on any atom is -0.322 e. The molecule has 1 saturated heterocycles. The third-order valence-corrected chi connectivity index (χ3v) is 5.00. The minimum atomic E-state index is -1.78. The summed E-state index contributed by atoms with van der Waals surface area (Å²) in [6, 6.07) is 5.27. The van der Waals surface area contributed by atoms with Gasteiger partial charge in [-0.05, 0) is 42.1 Å². The van der Waals surface area contributed by atoms with Crippen molar-refractivity contribution in [2.45, 2.75) is 0 Å². The Kier molecular flexibility index (Phi) is 5.94. The van der Waals surface area contributed by atoms with Gasteiger partial charge in [-0.2, -0.15) is 0 Å². The largest absolute Gasteiger partial charge is 0.322 e. The van der Waals surface area contributed by atoms with Crippen LogP contribution in [-0.2, 0) is 9.59 Å². The van der Waals surface area contributed by atoms with Gasteiger partial charge in [0.2, 0.25) is 5.91 Å². The van der Waals surface area contributed by atoms with Gasteiger partial charge in [0.25, 0.3) is 11.1 Å². The van der Waals surface area contributed by atoms with Crippen LogP contribution in [0.3, 0.4) is 0 Å². The number of imide groups is 1. The molecule has 11 heteroatoms. The molecule has 0 spiro atoms. The number of amides is 3. The first-order valence-corrected chi connectivity index (χ1v) is 9.01. The van der Waals surface area contributed by atoms with Crippen molar-refractivity contribution in [3.8, 4) is 0 Å². The molecular formula is C18H9ClF4N2O3S. The number of nitrogens with zero attached hydrogens (tertiary/aromatic N) is 1. The molecule has 1 fully saturated rings. The number of rotatable bonds is 4. The maximum absolute atomic E-state index is 13.9. The predicted octanol–water partition coefficient (Wildman–Crippen LogP) is 4.57. The van der Waals surface area contributed by atoms with Gasteiger partial charge in [0.15, 0.2) is 17.5 Å². The molecule has 0 saturated carbocycles. The van der Waals surface area contributed by atoms with E-state index in [0.29, 0.717) is 22.7 Å². The Morgan fingerprint density at radius 3 is 2.48 bits per heavy atom. The quantitative estimate of drug-likeness (QED) is 0.426. The van der Waals surface area contributed by atoms with Gasteiger partial charge in [-0.1, -0.05) is 17.7 Å². The Morgan fingerprint density at radius 2 is 1.79 bits per heavy atom. The zero-order valence-electron chi connectivity index (χ0n) is 14.1. The first-order valence-electron chi connectivity index (χ1n) is 7.81. The Balaban J connectivity index is 1.76. The van der Waals surface area contributed by atoms with Crippen molar-refractivity contribution < 1.29 is 31.9 Å². The van der Waals surface area contributed by atoms with Crippen molar-refractivity contribution in [1.29, 1.82) is 0 Å². The average molecular weight is 445 g/mol. The van der Waals surface area contributed by atoms with Crippen LogP contribution < -0.4 is 5.32 Å². The molecule has 1 heterocycles. The Morgan fingerprint density at radius 1 is 1.07 bits per heavy atom. The number of carbonyl (C=O) groups excluding carboxylic acids is 3. The standard InChI is InChI=1S/C18H9ClF4N2O3S/c19-9-2-1-3-10(20)8(9)6-13-17(27)25(18(28)29-13)7-14(26)24-12-5-4-11(21)15(22)16(12)23/h1-6H,7H2,(H,24,26)/b13-6-. The molecule has 0 radical (unpaired) electrons. The van der Waals surface area contributed by atoms with Crippen molar-refractivity contribution in [1.82, 2.24) is 4.90 Å². The topological polar surface area (TPSA) is 66.5 Å². The van der Waals surface area contributed by atoms with E-state index >= 15 is 0 Å². The number of hydrogen-bond acceptors (Lipinski definition) is 4. The van der Waals surface area contributed by atoms with Gasteiger partial charge in [-0.25, -0.2) is 17.6 Å². The van der Waals surface area contributed by atoms with Gasteiger partial charge < -0.3 is 5.32 Å². The van der Waals surface area contributed by atoms with Crippen molar-refractivity contribution in [3.05, 3.63) is 69.1 Å². The highest BCUT2D eigenvalue weighted by molar-refractivity contribution is 8.18. The van der Waals surface area contributed by atoms with E-state index in [2.05, 4.69) is 0 Å². The van der Waals surface area contributed by atoms with E-state index in [4.69, 9.17) is 11.6 Å². The molecule has 2 aromatic rings. The third kappa shape index (κ3) is 4.28. The van der Waals surface area contributed by atoms with E-state index in [0.717, 1.165) is 18.2 Å². The van der Waals surface area contributed by atoms with Crippen LogP contribution in [0.15, 0.2) is 35.2 Å². The number of anilines is 1. The number of halogens is 5. The molecule has 3 amide bonds. The van der Waals surface area contributed by atoms with E-state index < -0.39 is 52.6 Å². The molecular weight excluding hydrogens is 436 g/mol. The van der Waals surface area contributed by atoms with E-state index in [9.17, 15) is 31.9 Å². The van der Waals surface area contributed by atoms with Crippen LogP contribution in [0.4, 0.5) is 28.0 Å². The van der Waals surface area contributed by atoms with Crippen LogP contribution in [0.5, 0.6) is 0 Å². The fourth-order valence-corrected chi connectivity index (χ4v) is 3.41. The third-order valence-electron chi connectivity index (χ3n) is 3.76. The summed E-state index contributed by atoms with van der Waals surface area (Å²) in [5.41, 5.74) is -0.762. The second kappa shape index (κ2) is 8.26. The maximum atomic E-state index is 13.9. The highest BCUT2D eigenvalue weighted by atomic mass is 35.5. The summed E-state index contributed by atoms with van der Waals surface area (Å²) in [5.74, 6) is -7.47. The number of nitrogens with one attached hydrogen (secondary N) is 1. The van der Waals surface area contributed by atoms with E-state index in [1.54, 1.807) is 0 Å². The highest BCUT2D eigenvalue weighted by Gasteiger charge is 2.36. The molecule has 1 aliphatic heterocycles. The number of hydrogen-bond donors (Lipinski definition) is 1. The SMILES string of the molecule is O=C(CN1C(=O)S/C(=C\c2c(F)cccc2Cl)C1=O)Nc1ccc(F)c(F)c1F. The highest BCUT2D eigenvalue weighted by Crippen LogP contribution is 2.34. The van der Waals surface area contributed by atoms with Crippen LogP contribution in [0.1, 0.15) is 5.56 Å². The fraction of sp³-hybridized carbons (Fsp3) is 0.0556. The van der Waals surface area contributed by atoms with E-state index in [1.807, 2.05) is 5.32 Å². The zero-order valence-corrected chi connectivity index (χ0v) is 15.7. The Hall–Kier alpha value is -2.85. The summed E-state index contributed by atoms with van der Waals surface area (Å²) in [6.45, 7) is -0.814. The van der Waals surface area contributed by atoms with Crippen molar-refractivity contribution >= 4 is 52.2 Å². The summed E-state index contributed by atoms with van der Waals surface area (Å²) < 4.78 is 53.7. The van der Waals surface area contributed by atoms with Gasteiger partial charge in [-0.15, -0.1) is 0 Å². The smallest absolute Gasteiger partial charge is 0.294 e. The van der Waals surface area contributed by atoms with Crippen LogP contribution >= 0.6 is 23.4 Å². The molecule has 150 valence electrons. The summed E-state index contributed by atoms with van der Waals surface area (Å²) in [6.07, 6.45) is 1.08. The molecule has 0 aromatic heterocycles. The van der Waals surface area contributed by atoms with Gasteiger partial charge in [0, 0.05) is 5.56 Å². The molecule has 3 rings (SSSR count). The molecule has 0 bridgehead atoms.